The van der Waals surface area contributed by atoms with Crippen molar-refractivity contribution in [1.29, 1.82) is 0 Å². The minimum atomic E-state index is -0.887. The number of carbonyl (C=O) groups excluding carboxylic acids is 1. The van der Waals surface area contributed by atoms with Gasteiger partial charge in [0.25, 0.3) is 0 Å². The third kappa shape index (κ3) is 4.95. The lowest BCUT2D eigenvalue weighted by Gasteiger charge is -2.40. The van der Waals surface area contributed by atoms with Gasteiger partial charge in [0.2, 0.25) is 5.91 Å². The van der Waals surface area contributed by atoms with Crippen LogP contribution in [0.4, 0.5) is 0 Å². The molecule has 0 radical (unpaired) electrons. The number of aromatic hydroxyl groups is 1. The van der Waals surface area contributed by atoms with Crippen LogP contribution in [0.25, 0.3) is 0 Å². The lowest BCUT2D eigenvalue weighted by molar-refractivity contribution is -0.122. The van der Waals surface area contributed by atoms with Crippen LogP contribution in [0.5, 0.6) is 11.5 Å². The van der Waals surface area contributed by atoms with E-state index in [1.165, 1.54) is 0 Å². The maximum absolute atomic E-state index is 13.1. The zero-order valence-corrected chi connectivity index (χ0v) is 20.0. The SMILES string of the molecule is CC(C)(CCC(C(N)=O)(c1ccccc1)c1ccccc1)N1CCC(Oc2ccc(O)cc2)C1. The Bertz CT molecular complexity index is 1040. The number of nitrogens with zero attached hydrogens (tertiary/aromatic N) is 1. The van der Waals surface area contributed by atoms with Gasteiger partial charge in [0.05, 0.1) is 5.41 Å². The van der Waals surface area contributed by atoms with Crippen molar-refractivity contribution in [1.82, 2.24) is 4.90 Å². The fourth-order valence-electron chi connectivity index (χ4n) is 5.05. The van der Waals surface area contributed by atoms with Crippen LogP contribution in [-0.2, 0) is 10.2 Å². The predicted octanol–water partition coefficient (Wildman–Crippen LogP) is 4.88. The number of hydrogen-bond acceptors (Lipinski definition) is 4. The molecule has 3 aromatic carbocycles. The van der Waals surface area contributed by atoms with E-state index < -0.39 is 5.41 Å². The number of ether oxygens (including phenoxy) is 1. The summed E-state index contributed by atoms with van der Waals surface area (Å²) in [5, 5.41) is 9.50. The van der Waals surface area contributed by atoms with Crippen molar-refractivity contribution in [3.63, 3.8) is 0 Å². The third-order valence-electron chi connectivity index (χ3n) is 7.21. The minimum absolute atomic E-state index is 0.0907. The van der Waals surface area contributed by atoms with Crippen molar-refractivity contribution in [2.24, 2.45) is 5.73 Å². The van der Waals surface area contributed by atoms with Gasteiger partial charge in [-0.25, -0.2) is 0 Å². The number of phenols is 1. The van der Waals surface area contributed by atoms with E-state index >= 15 is 0 Å². The average Bonchev–Trinajstić information content (AvgIpc) is 3.32. The molecular formula is C29H34N2O3. The molecule has 1 fully saturated rings. The first-order chi connectivity index (χ1) is 16.3. The van der Waals surface area contributed by atoms with Crippen molar-refractivity contribution in [2.45, 2.75) is 50.2 Å². The molecule has 4 rings (SSSR count). The van der Waals surface area contributed by atoms with Crippen LogP contribution in [0, 0.1) is 0 Å². The van der Waals surface area contributed by atoms with Gasteiger partial charge in [-0.05, 0) is 68.5 Å². The van der Waals surface area contributed by atoms with Crippen LogP contribution < -0.4 is 10.5 Å². The maximum atomic E-state index is 13.1. The first-order valence-corrected chi connectivity index (χ1v) is 11.9. The molecule has 0 spiro atoms. The quantitative estimate of drug-likeness (QED) is 0.479. The number of primary amides is 1. The topological polar surface area (TPSA) is 75.8 Å². The summed E-state index contributed by atoms with van der Waals surface area (Å²) in [4.78, 5) is 15.6. The number of benzene rings is 3. The summed E-state index contributed by atoms with van der Waals surface area (Å²) in [6.45, 7) is 6.21. The smallest absolute Gasteiger partial charge is 0.232 e. The first-order valence-electron chi connectivity index (χ1n) is 11.9. The molecule has 1 saturated heterocycles. The molecular weight excluding hydrogens is 424 g/mol. The van der Waals surface area contributed by atoms with Crippen molar-refractivity contribution < 1.29 is 14.6 Å². The molecule has 3 N–H and O–H groups in total. The van der Waals surface area contributed by atoms with E-state index in [-0.39, 0.29) is 23.3 Å². The Morgan fingerprint density at radius 2 is 1.50 bits per heavy atom. The van der Waals surface area contributed by atoms with Gasteiger partial charge in [-0.3, -0.25) is 9.69 Å². The highest BCUT2D eigenvalue weighted by molar-refractivity contribution is 5.90. The standard InChI is InChI=1S/C29H34N2O3/c1-28(2,31-20-17-26(21-31)34-25-15-13-24(32)14-16-25)18-19-29(27(30)33,22-9-5-3-6-10-22)23-11-7-4-8-12-23/h3-16,26,32H,17-21H2,1-2H3,(H2,30,33). The highest BCUT2D eigenvalue weighted by atomic mass is 16.5. The molecule has 0 aromatic heterocycles. The Kier molecular flexibility index (Phi) is 6.94. The molecule has 5 heteroatoms. The van der Waals surface area contributed by atoms with Gasteiger partial charge in [0, 0.05) is 18.6 Å². The molecule has 3 aromatic rings. The molecule has 0 saturated carbocycles. The number of rotatable bonds is 9. The van der Waals surface area contributed by atoms with E-state index in [2.05, 4.69) is 18.7 Å². The molecule has 1 unspecified atom stereocenters. The Morgan fingerprint density at radius 3 is 2.03 bits per heavy atom. The van der Waals surface area contributed by atoms with Crippen LogP contribution in [0.15, 0.2) is 84.9 Å². The van der Waals surface area contributed by atoms with Gasteiger partial charge in [0.15, 0.2) is 0 Å². The molecule has 5 nitrogen and oxygen atoms in total. The number of carbonyl (C=O) groups is 1. The van der Waals surface area contributed by atoms with E-state index in [4.69, 9.17) is 10.5 Å². The van der Waals surface area contributed by atoms with E-state index in [1.807, 2.05) is 60.7 Å². The molecule has 1 aliphatic heterocycles. The molecule has 1 atom stereocenters. The summed E-state index contributed by atoms with van der Waals surface area (Å²) in [7, 11) is 0. The molecule has 1 aliphatic rings. The third-order valence-corrected chi connectivity index (χ3v) is 7.21. The van der Waals surface area contributed by atoms with Crippen molar-refractivity contribution in [3.8, 4) is 11.5 Å². The molecule has 0 bridgehead atoms. The summed E-state index contributed by atoms with van der Waals surface area (Å²) in [6, 6.07) is 26.7. The number of amides is 1. The Hall–Kier alpha value is -3.31. The zero-order valence-electron chi connectivity index (χ0n) is 20.0. The summed E-state index contributed by atoms with van der Waals surface area (Å²) in [5.41, 5.74) is 6.98. The van der Waals surface area contributed by atoms with Crippen LogP contribution in [-0.4, -0.2) is 40.6 Å². The van der Waals surface area contributed by atoms with E-state index in [1.54, 1.807) is 24.3 Å². The highest BCUT2D eigenvalue weighted by Gasteiger charge is 2.43. The number of phenolic OH excluding ortho intramolecular Hbond substituents is 1. The largest absolute Gasteiger partial charge is 0.508 e. The fourth-order valence-corrected chi connectivity index (χ4v) is 5.05. The van der Waals surface area contributed by atoms with Crippen LogP contribution in [0.3, 0.4) is 0 Å². The maximum Gasteiger partial charge on any atom is 0.232 e. The van der Waals surface area contributed by atoms with E-state index in [0.717, 1.165) is 42.8 Å². The van der Waals surface area contributed by atoms with E-state index in [0.29, 0.717) is 6.42 Å². The first kappa shape index (κ1) is 23.8. The molecule has 0 aliphatic carbocycles. The van der Waals surface area contributed by atoms with Gasteiger partial charge in [-0.1, -0.05) is 60.7 Å². The van der Waals surface area contributed by atoms with Crippen LogP contribution in [0.2, 0.25) is 0 Å². The van der Waals surface area contributed by atoms with Gasteiger partial charge in [0.1, 0.15) is 17.6 Å². The average molecular weight is 459 g/mol. The van der Waals surface area contributed by atoms with Crippen molar-refractivity contribution in [3.05, 3.63) is 96.1 Å². The lowest BCUT2D eigenvalue weighted by atomic mass is 9.69. The zero-order chi connectivity index (χ0) is 24.2. The van der Waals surface area contributed by atoms with Gasteiger partial charge < -0.3 is 15.6 Å². The summed E-state index contributed by atoms with van der Waals surface area (Å²) in [5.74, 6) is 0.676. The lowest BCUT2D eigenvalue weighted by Crippen LogP contribution is -2.47. The number of nitrogens with two attached hydrogens (primary N) is 1. The van der Waals surface area contributed by atoms with Crippen molar-refractivity contribution in [2.75, 3.05) is 13.1 Å². The number of likely N-dealkylation sites (tertiary alicyclic amines) is 1. The monoisotopic (exact) mass is 458 g/mol. The number of hydrogen-bond donors (Lipinski definition) is 2. The Labute approximate surface area is 202 Å². The van der Waals surface area contributed by atoms with Gasteiger partial charge in [-0.15, -0.1) is 0 Å². The predicted molar refractivity (Wildman–Crippen MR) is 135 cm³/mol. The van der Waals surface area contributed by atoms with Gasteiger partial charge >= 0.3 is 0 Å². The summed E-state index contributed by atoms with van der Waals surface area (Å²) < 4.78 is 6.15. The normalized spacial score (nSPS) is 16.9. The molecule has 1 amide bonds. The minimum Gasteiger partial charge on any atom is -0.508 e. The molecule has 1 heterocycles. The van der Waals surface area contributed by atoms with Gasteiger partial charge in [-0.2, -0.15) is 0 Å². The molecule has 34 heavy (non-hydrogen) atoms. The fraction of sp³-hybridized carbons (Fsp3) is 0.345. The summed E-state index contributed by atoms with van der Waals surface area (Å²) in [6.07, 6.45) is 2.44. The highest BCUT2D eigenvalue weighted by Crippen LogP contribution is 2.40. The van der Waals surface area contributed by atoms with Crippen LogP contribution >= 0.6 is 0 Å². The van der Waals surface area contributed by atoms with E-state index in [9.17, 15) is 9.90 Å². The van der Waals surface area contributed by atoms with Crippen molar-refractivity contribution >= 4 is 5.91 Å². The summed E-state index contributed by atoms with van der Waals surface area (Å²) >= 11 is 0. The Balaban J connectivity index is 1.52. The second-order valence-electron chi connectivity index (χ2n) is 9.78. The Morgan fingerprint density at radius 1 is 0.941 bits per heavy atom. The molecule has 178 valence electrons. The van der Waals surface area contributed by atoms with Crippen LogP contribution in [0.1, 0.15) is 44.2 Å². The second-order valence-corrected chi connectivity index (χ2v) is 9.78. The second kappa shape index (κ2) is 9.90.